The number of halogens is 4. The number of aromatic carboxylic acids is 1. The molecular formula is C21H20F4N2O4. The zero-order valence-electron chi connectivity index (χ0n) is 16.7. The summed E-state index contributed by atoms with van der Waals surface area (Å²) in [7, 11) is 0. The molecule has 1 aliphatic rings. The third-order valence-electron chi connectivity index (χ3n) is 4.63. The van der Waals surface area contributed by atoms with Gasteiger partial charge in [0.05, 0.1) is 23.4 Å². The molecule has 0 spiro atoms. The zero-order valence-corrected chi connectivity index (χ0v) is 16.7. The number of carbonyl (C=O) groups is 1. The Labute approximate surface area is 175 Å². The summed E-state index contributed by atoms with van der Waals surface area (Å²) in [4.78, 5) is 14.9. The molecule has 2 aromatic carbocycles. The number of fused-ring (bicyclic) bond motifs is 1. The van der Waals surface area contributed by atoms with Crippen LogP contribution < -0.4 is 14.8 Å². The van der Waals surface area contributed by atoms with Gasteiger partial charge >= 0.3 is 18.2 Å². The monoisotopic (exact) mass is 440 g/mol. The molecule has 2 N–H and O–H groups in total. The second-order valence-electron chi connectivity index (χ2n) is 6.76. The smallest absolute Gasteiger partial charge is 0.429 e. The van der Waals surface area contributed by atoms with E-state index in [1.165, 1.54) is 19.1 Å². The normalized spacial score (nSPS) is 18.2. The lowest BCUT2D eigenvalue weighted by Crippen LogP contribution is -2.31. The van der Waals surface area contributed by atoms with Gasteiger partial charge in [0.1, 0.15) is 5.71 Å². The van der Waals surface area contributed by atoms with E-state index in [0.717, 1.165) is 6.07 Å². The van der Waals surface area contributed by atoms with Crippen LogP contribution in [0.2, 0.25) is 0 Å². The largest absolute Gasteiger partial charge is 0.478 e. The maximum Gasteiger partial charge on any atom is 0.429 e. The van der Waals surface area contributed by atoms with Crippen molar-refractivity contribution in [3.8, 4) is 11.5 Å². The molecule has 166 valence electrons. The van der Waals surface area contributed by atoms with E-state index in [1.807, 2.05) is 0 Å². The minimum Gasteiger partial charge on any atom is -0.478 e. The summed E-state index contributed by atoms with van der Waals surface area (Å²) >= 11 is 0. The average Bonchev–Trinajstić information content (AvgIpc) is 3.07. The fraction of sp³-hybridized carbons (Fsp3) is 0.333. The van der Waals surface area contributed by atoms with Crippen molar-refractivity contribution in [1.82, 2.24) is 0 Å². The molecular weight excluding hydrogens is 420 g/mol. The number of benzene rings is 2. The van der Waals surface area contributed by atoms with Crippen LogP contribution in [-0.2, 0) is 6.54 Å². The molecule has 0 aliphatic carbocycles. The van der Waals surface area contributed by atoms with Crippen molar-refractivity contribution < 1.29 is 36.9 Å². The molecule has 0 amide bonds. The van der Waals surface area contributed by atoms with Crippen LogP contribution in [0.15, 0.2) is 41.4 Å². The molecule has 0 saturated heterocycles. The van der Waals surface area contributed by atoms with E-state index in [4.69, 9.17) is 9.47 Å². The van der Waals surface area contributed by atoms with Crippen LogP contribution >= 0.6 is 0 Å². The summed E-state index contributed by atoms with van der Waals surface area (Å²) in [5, 5.41) is 12.1. The number of ether oxygens (including phenoxy) is 2. The SMILES string of the molecule is CC/C(=N\c1cc(C(=O)O)ccc1NCc1cccc2c1OC(F)(CC)O2)C(F)(F)F. The molecule has 1 aliphatic heterocycles. The quantitative estimate of drug-likeness (QED) is 0.417. The Morgan fingerprint density at radius 3 is 2.55 bits per heavy atom. The topological polar surface area (TPSA) is 80.2 Å². The van der Waals surface area contributed by atoms with Crippen molar-refractivity contribution in [1.29, 1.82) is 0 Å². The summed E-state index contributed by atoms with van der Waals surface area (Å²) in [6, 6.07) is 6.19. The number of anilines is 1. The van der Waals surface area contributed by atoms with Gasteiger partial charge in [0.15, 0.2) is 11.5 Å². The van der Waals surface area contributed by atoms with Gasteiger partial charge in [-0.1, -0.05) is 26.0 Å². The summed E-state index contributed by atoms with van der Waals surface area (Å²) in [6.07, 6.45) is -5.07. The zero-order chi connectivity index (χ0) is 22.8. The Morgan fingerprint density at radius 2 is 1.94 bits per heavy atom. The summed E-state index contributed by atoms with van der Waals surface area (Å²) < 4.78 is 64.4. The molecule has 3 rings (SSSR count). The number of nitrogens with one attached hydrogen (secondary N) is 1. The van der Waals surface area contributed by atoms with Crippen molar-refractivity contribution >= 4 is 23.1 Å². The Hall–Kier alpha value is -3.30. The first kappa shape index (κ1) is 22.4. The lowest BCUT2D eigenvalue weighted by Gasteiger charge is -2.16. The van der Waals surface area contributed by atoms with Crippen LogP contribution in [0.5, 0.6) is 11.5 Å². The molecule has 1 unspecified atom stereocenters. The number of hydrogen-bond donors (Lipinski definition) is 2. The molecule has 0 bridgehead atoms. The molecule has 0 fully saturated rings. The number of carboxylic acids is 1. The van der Waals surface area contributed by atoms with Crippen molar-refractivity contribution in [2.75, 3.05) is 5.32 Å². The van der Waals surface area contributed by atoms with Crippen LogP contribution in [0.25, 0.3) is 0 Å². The van der Waals surface area contributed by atoms with Crippen LogP contribution in [0.1, 0.15) is 42.6 Å². The first-order valence-corrected chi connectivity index (χ1v) is 9.51. The highest BCUT2D eigenvalue weighted by Crippen LogP contribution is 2.44. The average molecular weight is 440 g/mol. The lowest BCUT2D eigenvalue weighted by atomic mass is 10.1. The second-order valence-corrected chi connectivity index (χ2v) is 6.76. The highest BCUT2D eigenvalue weighted by Gasteiger charge is 2.41. The van der Waals surface area contributed by atoms with E-state index in [-0.39, 0.29) is 47.8 Å². The third-order valence-corrected chi connectivity index (χ3v) is 4.63. The van der Waals surface area contributed by atoms with Gasteiger partial charge in [-0.15, -0.1) is 0 Å². The molecule has 10 heteroatoms. The highest BCUT2D eigenvalue weighted by atomic mass is 19.4. The van der Waals surface area contributed by atoms with E-state index in [1.54, 1.807) is 25.1 Å². The molecule has 0 radical (unpaired) electrons. The van der Waals surface area contributed by atoms with Gasteiger partial charge in [0, 0.05) is 12.1 Å². The van der Waals surface area contributed by atoms with Crippen LogP contribution in [0.4, 0.5) is 28.9 Å². The van der Waals surface area contributed by atoms with E-state index in [2.05, 4.69) is 10.3 Å². The first-order chi connectivity index (χ1) is 14.6. The standard InChI is InChI=1S/C21H20F4N2O4/c1-3-17(21(23,24)25)27-15-10-12(19(28)29)8-9-14(15)26-11-13-6-5-7-16-18(13)31-20(22,4-2)30-16/h5-10,26H,3-4,11H2,1-2H3,(H,28,29)/b27-17+. The fourth-order valence-electron chi connectivity index (χ4n) is 2.96. The maximum absolute atomic E-state index is 14.4. The first-order valence-electron chi connectivity index (χ1n) is 9.51. The van der Waals surface area contributed by atoms with Crippen LogP contribution in [0.3, 0.4) is 0 Å². The Balaban J connectivity index is 1.92. The molecule has 2 aromatic rings. The number of para-hydroxylation sites is 1. The molecule has 1 atom stereocenters. The number of rotatable bonds is 7. The Bertz CT molecular complexity index is 1020. The number of carboxylic acid groups (broad SMARTS) is 1. The molecule has 1 heterocycles. The summed E-state index contributed by atoms with van der Waals surface area (Å²) in [5.74, 6) is -0.886. The number of aliphatic imine (C=N–C) groups is 1. The predicted molar refractivity (Wildman–Crippen MR) is 106 cm³/mol. The minimum atomic E-state index is -4.65. The van der Waals surface area contributed by atoms with Gasteiger partial charge in [0.2, 0.25) is 0 Å². The third kappa shape index (κ3) is 4.89. The minimum absolute atomic E-state index is 0.0404. The van der Waals surface area contributed by atoms with Crippen molar-refractivity contribution in [3.05, 3.63) is 47.5 Å². The highest BCUT2D eigenvalue weighted by molar-refractivity contribution is 5.95. The van der Waals surface area contributed by atoms with Crippen LogP contribution in [-0.4, -0.2) is 29.0 Å². The molecule has 31 heavy (non-hydrogen) atoms. The summed E-state index contributed by atoms with van der Waals surface area (Å²) in [6.45, 7) is 2.92. The Morgan fingerprint density at radius 1 is 1.19 bits per heavy atom. The van der Waals surface area contributed by atoms with E-state index in [9.17, 15) is 27.5 Å². The maximum atomic E-state index is 14.4. The van der Waals surface area contributed by atoms with E-state index < -0.39 is 23.9 Å². The van der Waals surface area contributed by atoms with E-state index >= 15 is 0 Å². The fourth-order valence-corrected chi connectivity index (χ4v) is 2.96. The van der Waals surface area contributed by atoms with Gasteiger partial charge in [-0.05, 0) is 30.7 Å². The molecule has 0 saturated carbocycles. The van der Waals surface area contributed by atoms with Crippen LogP contribution in [0, 0.1) is 0 Å². The number of nitrogens with zero attached hydrogens (tertiary/aromatic N) is 1. The van der Waals surface area contributed by atoms with Gasteiger partial charge in [-0.3, -0.25) is 0 Å². The van der Waals surface area contributed by atoms with Gasteiger partial charge in [0.25, 0.3) is 0 Å². The second kappa shape index (κ2) is 8.44. The number of alkyl halides is 4. The number of hydrogen-bond acceptors (Lipinski definition) is 5. The lowest BCUT2D eigenvalue weighted by molar-refractivity contribution is -0.191. The predicted octanol–water partition coefficient (Wildman–Crippen LogP) is 5.85. The van der Waals surface area contributed by atoms with Crippen molar-refractivity contribution in [2.45, 2.75) is 45.5 Å². The molecule has 0 aromatic heterocycles. The molecule has 6 nitrogen and oxygen atoms in total. The van der Waals surface area contributed by atoms with Crippen molar-refractivity contribution in [2.24, 2.45) is 4.99 Å². The Kier molecular flexibility index (Phi) is 6.10. The van der Waals surface area contributed by atoms with Gasteiger partial charge < -0.3 is 19.9 Å². The van der Waals surface area contributed by atoms with Gasteiger partial charge in [-0.25, -0.2) is 9.79 Å². The van der Waals surface area contributed by atoms with Crippen molar-refractivity contribution in [3.63, 3.8) is 0 Å². The summed E-state index contributed by atoms with van der Waals surface area (Å²) in [5.41, 5.74) is -0.731. The van der Waals surface area contributed by atoms with Gasteiger partial charge in [-0.2, -0.15) is 17.6 Å². The van der Waals surface area contributed by atoms with E-state index in [0.29, 0.717) is 5.56 Å².